The molecular formula is C26H36N8O3. The first-order valence-corrected chi connectivity index (χ1v) is 13.0. The van der Waals surface area contributed by atoms with Crippen LogP contribution >= 0.6 is 0 Å². The fourth-order valence-electron chi connectivity index (χ4n) is 4.90. The first-order chi connectivity index (χ1) is 18.0. The van der Waals surface area contributed by atoms with Crippen molar-refractivity contribution in [2.75, 3.05) is 37.4 Å². The van der Waals surface area contributed by atoms with Crippen LogP contribution in [0.25, 0.3) is 22.1 Å². The molecule has 3 aromatic heterocycles. The van der Waals surface area contributed by atoms with Crippen molar-refractivity contribution in [2.24, 2.45) is 0 Å². The summed E-state index contributed by atoms with van der Waals surface area (Å²) >= 11 is 0. The summed E-state index contributed by atoms with van der Waals surface area (Å²) in [7, 11) is 1.77. The van der Waals surface area contributed by atoms with Gasteiger partial charge in [0.15, 0.2) is 22.8 Å². The van der Waals surface area contributed by atoms with Gasteiger partial charge >= 0.3 is 0 Å². The number of ether oxygens (including phenoxy) is 1. The van der Waals surface area contributed by atoms with E-state index in [0.717, 1.165) is 61.0 Å². The van der Waals surface area contributed by atoms with E-state index < -0.39 is 0 Å². The second-order valence-electron chi connectivity index (χ2n) is 9.73. The summed E-state index contributed by atoms with van der Waals surface area (Å²) in [5.41, 5.74) is 11.1. The summed E-state index contributed by atoms with van der Waals surface area (Å²) in [6.45, 7) is 6.46. The van der Waals surface area contributed by atoms with E-state index in [9.17, 15) is 5.11 Å². The number of oxazole rings is 1. The van der Waals surface area contributed by atoms with Crippen LogP contribution in [0.15, 0.2) is 22.7 Å². The van der Waals surface area contributed by atoms with E-state index >= 15 is 0 Å². The largest absolute Gasteiger partial charge is 0.441 e. The van der Waals surface area contributed by atoms with Gasteiger partial charge in [0.2, 0.25) is 5.95 Å². The molecule has 1 fully saturated rings. The number of fused-ring (bicyclic) bond motifs is 2. The summed E-state index contributed by atoms with van der Waals surface area (Å²) in [6, 6.07) is 4.65. The molecule has 0 aliphatic heterocycles. The van der Waals surface area contributed by atoms with E-state index in [4.69, 9.17) is 20.0 Å². The number of aromatic nitrogens is 5. The van der Waals surface area contributed by atoms with Gasteiger partial charge in [-0.25, -0.2) is 9.97 Å². The first kappa shape index (κ1) is 25.4. The number of methoxy groups -OCH3 is 1. The third kappa shape index (κ3) is 5.39. The maximum absolute atomic E-state index is 9.60. The zero-order valence-electron chi connectivity index (χ0n) is 21.8. The molecular weight excluding hydrogens is 472 g/mol. The van der Waals surface area contributed by atoms with Crippen molar-refractivity contribution in [3.05, 3.63) is 35.3 Å². The predicted molar refractivity (Wildman–Crippen MR) is 142 cm³/mol. The van der Waals surface area contributed by atoms with E-state index in [1.165, 1.54) is 0 Å². The smallest absolute Gasteiger partial charge is 0.222 e. The molecule has 0 spiro atoms. The van der Waals surface area contributed by atoms with E-state index in [-0.39, 0.29) is 12.6 Å². The number of unbranched alkanes of at least 4 members (excludes halogenated alkanes) is 1. The van der Waals surface area contributed by atoms with Gasteiger partial charge < -0.3 is 30.2 Å². The average molecular weight is 509 g/mol. The Balaban J connectivity index is 1.41. The fourth-order valence-corrected chi connectivity index (χ4v) is 4.90. The van der Waals surface area contributed by atoms with Gasteiger partial charge in [0.05, 0.1) is 25.5 Å². The highest BCUT2D eigenvalue weighted by molar-refractivity contribution is 5.86. The minimum absolute atomic E-state index is 0.0221. The lowest BCUT2D eigenvalue weighted by Crippen LogP contribution is -2.44. The number of aliphatic hydroxyl groups excluding tert-OH is 1. The third-order valence-electron chi connectivity index (χ3n) is 7.02. The Morgan fingerprint density at radius 3 is 2.76 bits per heavy atom. The molecule has 0 saturated heterocycles. The molecule has 3 heterocycles. The molecule has 1 aliphatic rings. The molecule has 1 aliphatic carbocycles. The summed E-state index contributed by atoms with van der Waals surface area (Å²) in [4.78, 5) is 15.6. The number of aliphatic hydroxyl groups is 1. The van der Waals surface area contributed by atoms with Gasteiger partial charge in [-0.2, -0.15) is 10.1 Å². The van der Waals surface area contributed by atoms with Gasteiger partial charge in [0, 0.05) is 50.8 Å². The number of nitrogens with one attached hydrogen (secondary N) is 1. The maximum Gasteiger partial charge on any atom is 0.222 e. The minimum Gasteiger partial charge on any atom is -0.441 e. The highest BCUT2D eigenvalue weighted by Gasteiger charge is 2.28. The molecule has 4 N–H and O–H groups in total. The number of hydrogen-bond donors (Lipinski definition) is 3. The zero-order chi connectivity index (χ0) is 25.9. The highest BCUT2D eigenvalue weighted by atomic mass is 16.5. The van der Waals surface area contributed by atoms with Gasteiger partial charge in [-0.1, -0.05) is 25.5 Å². The van der Waals surface area contributed by atoms with Crippen LogP contribution in [0.2, 0.25) is 0 Å². The summed E-state index contributed by atoms with van der Waals surface area (Å²) < 4.78 is 13.2. The van der Waals surface area contributed by atoms with Crippen LogP contribution in [0.3, 0.4) is 0 Å². The lowest BCUT2D eigenvalue weighted by Gasteiger charge is -2.34. The SMILES string of the molecule is CCCCN(CCO)c1nc(N)nc2cn(Cc3ccc(CNC4CC(OC)C4)c4oc(C)nc34)nc12. The minimum atomic E-state index is 0.0221. The number of benzene rings is 1. The Labute approximate surface area is 216 Å². The molecule has 0 amide bonds. The van der Waals surface area contributed by atoms with Crippen LogP contribution in [-0.2, 0) is 17.8 Å². The molecule has 11 heteroatoms. The molecule has 0 unspecified atom stereocenters. The van der Waals surface area contributed by atoms with Crippen LogP contribution in [0.5, 0.6) is 0 Å². The first-order valence-electron chi connectivity index (χ1n) is 13.0. The molecule has 198 valence electrons. The van der Waals surface area contributed by atoms with Gasteiger partial charge in [0.1, 0.15) is 11.0 Å². The van der Waals surface area contributed by atoms with Crippen LogP contribution in [0, 0.1) is 6.92 Å². The molecule has 5 rings (SSSR count). The van der Waals surface area contributed by atoms with Crippen molar-refractivity contribution < 1.29 is 14.3 Å². The van der Waals surface area contributed by atoms with Gasteiger partial charge in [-0.3, -0.25) is 4.68 Å². The molecule has 1 aromatic carbocycles. The molecule has 4 aromatic rings. The van der Waals surface area contributed by atoms with Crippen LogP contribution in [0.4, 0.5) is 11.8 Å². The van der Waals surface area contributed by atoms with Crippen LogP contribution in [0.1, 0.15) is 49.6 Å². The standard InChI is InChI=1S/C26H36N8O3/c1-4-5-8-33(9-10-35)25-23-21(30-26(27)31-25)15-34(32-23)14-18-7-6-17(24-22(18)29-16(2)37-24)13-28-19-11-20(12-19)36-3/h6-7,15,19-20,28,35H,4-5,8-14H2,1-3H3,(H2,27,30). The van der Waals surface area contributed by atoms with E-state index in [1.54, 1.807) is 7.11 Å². The average Bonchev–Trinajstić information content (AvgIpc) is 3.44. The van der Waals surface area contributed by atoms with Crippen LogP contribution in [-0.4, -0.2) is 68.8 Å². The van der Waals surface area contributed by atoms with Crippen molar-refractivity contribution in [1.82, 2.24) is 30.0 Å². The topological polar surface area (TPSA) is 140 Å². The molecule has 0 atom stereocenters. The zero-order valence-corrected chi connectivity index (χ0v) is 21.8. The van der Waals surface area contributed by atoms with Crippen molar-refractivity contribution >= 4 is 33.9 Å². The number of anilines is 2. The lowest BCUT2D eigenvalue weighted by molar-refractivity contribution is 0.0170. The van der Waals surface area contributed by atoms with Crippen molar-refractivity contribution in [3.8, 4) is 0 Å². The fraction of sp³-hybridized carbons (Fsp3) is 0.538. The second kappa shape index (κ2) is 11.0. The molecule has 0 bridgehead atoms. The number of rotatable bonds is 12. The molecule has 37 heavy (non-hydrogen) atoms. The summed E-state index contributed by atoms with van der Waals surface area (Å²) in [5, 5.41) is 18.0. The molecule has 1 saturated carbocycles. The number of aryl methyl sites for hydroxylation is 1. The maximum atomic E-state index is 9.60. The molecule has 0 radical (unpaired) electrons. The predicted octanol–water partition coefficient (Wildman–Crippen LogP) is 2.77. The Morgan fingerprint density at radius 2 is 2.00 bits per heavy atom. The number of nitrogens with zero attached hydrogens (tertiary/aromatic N) is 6. The number of nitrogen functional groups attached to an aromatic ring is 1. The van der Waals surface area contributed by atoms with E-state index in [2.05, 4.69) is 39.3 Å². The molecule has 11 nitrogen and oxygen atoms in total. The number of nitrogens with two attached hydrogens (primary N) is 1. The van der Waals surface area contributed by atoms with Gasteiger partial charge in [0.25, 0.3) is 0 Å². The van der Waals surface area contributed by atoms with E-state index in [0.29, 0.717) is 48.0 Å². The Bertz CT molecular complexity index is 1360. The quantitative estimate of drug-likeness (QED) is 0.262. The second-order valence-corrected chi connectivity index (χ2v) is 9.73. The van der Waals surface area contributed by atoms with Crippen molar-refractivity contribution in [2.45, 2.75) is 64.8 Å². The Hall–Kier alpha value is -3.28. The lowest BCUT2D eigenvalue weighted by atomic mass is 9.89. The summed E-state index contributed by atoms with van der Waals surface area (Å²) in [6.07, 6.45) is 6.32. The van der Waals surface area contributed by atoms with Crippen molar-refractivity contribution in [1.29, 1.82) is 0 Å². The van der Waals surface area contributed by atoms with Crippen LogP contribution < -0.4 is 16.0 Å². The monoisotopic (exact) mass is 508 g/mol. The Kier molecular flexibility index (Phi) is 7.54. The summed E-state index contributed by atoms with van der Waals surface area (Å²) in [5.74, 6) is 1.48. The Morgan fingerprint density at radius 1 is 1.19 bits per heavy atom. The third-order valence-corrected chi connectivity index (χ3v) is 7.02. The number of hydrogen-bond acceptors (Lipinski definition) is 10. The van der Waals surface area contributed by atoms with Gasteiger partial charge in [-0.05, 0) is 19.3 Å². The van der Waals surface area contributed by atoms with Crippen molar-refractivity contribution in [3.63, 3.8) is 0 Å². The van der Waals surface area contributed by atoms with E-state index in [1.807, 2.05) is 22.7 Å². The van der Waals surface area contributed by atoms with Gasteiger partial charge in [-0.15, -0.1) is 0 Å². The normalized spacial score (nSPS) is 17.5. The highest BCUT2D eigenvalue weighted by Crippen LogP contribution is 2.28.